The average molecular weight is 256 g/mol. The van der Waals surface area contributed by atoms with E-state index in [1.165, 1.54) is 0 Å². The second-order valence-corrected chi connectivity index (χ2v) is 4.43. The van der Waals surface area contributed by atoms with Crippen LogP contribution in [0.15, 0.2) is 42.5 Å². The van der Waals surface area contributed by atoms with Crippen molar-refractivity contribution < 1.29 is 9.90 Å². The number of carboxylic acid groups (broad SMARTS) is 1. The van der Waals surface area contributed by atoms with Gasteiger partial charge in [0.15, 0.2) is 0 Å². The van der Waals surface area contributed by atoms with Crippen LogP contribution in [0.25, 0.3) is 11.1 Å². The topological polar surface area (TPSA) is 75.3 Å². The Balaban J connectivity index is 2.22. The lowest BCUT2D eigenvalue weighted by molar-refractivity contribution is 0.194. The normalized spacial score (nSPS) is 10.2. The van der Waals surface area contributed by atoms with Crippen LogP contribution in [0.5, 0.6) is 0 Å². The van der Waals surface area contributed by atoms with E-state index in [4.69, 9.17) is 10.8 Å². The Labute approximate surface area is 111 Å². The van der Waals surface area contributed by atoms with Crippen LogP contribution >= 0.6 is 0 Å². The maximum atomic E-state index is 10.4. The van der Waals surface area contributed by atoms with E-state index in [0.717, 1.165) is 27.9 Å². The number of rotatable bonds is 3. The minimum absolute atomic E-state index is 0.311. The van der Waals surface area contributed by atoms with Crippen LogP contribution in [0.1, 0.15) is 11.1 Å². The molecule has 0 aliphatic rings. The number of benzene rings is 2. The van der Waals surface area contributed by atoms with E-state index in [-0.39, 0.29) is 0 Å². The van der Waals surface area contributed by atoms with Crippen LogP contribution in [0.3, 0.4) is 0 Å². The molecule has 0 spiro atoms. The summed E-state index contributed by atoms with van der Waals surface area (Å²) < 4.78 is 0. The van der Waals surface area contributed by atoms with Gasteiger partial charge in [0, 0.05) is 12.2 Å². The summed E-state index contributed by atoms with van der Waals surface area (Å²) in [7, 11) is 0. The third kappa shape index (κ3) is 3.25. The summed E-state index contributed by atoms with van der Waals surface area (Å²) in [4.78, 5) is 10.4. The quantitative estimate of drug-likeness (QED) is 0.739. The van der Waals surface area contributed by atoms with Gasteiger partial charge in [0.25, 0.3) is 0 Å². The van der Waals surface area contributed by atoms with Gasteiger partial charge in [-0.05, 0) is 41.3 Å². The molecule has 0 atom stereocenters. The van der Waals surface area contributed by atoms with E-state index < -0.39 is 6.09 Å². The molecule has 0 saturated heterocycles. The van der Waals surface area contributed by atoms with Crippen LogP contribution < -0.4 is 11.1 Å². The molecule has 19 heavy (non-hydrogen) atoms. The molecule has 0 bridgehead atoms. The lowest BCUT2D eigenvalue weighted by Gasteiger charge is -2.08. The van der Waals surface area contributed by atoms with Crippen LogP contribution in [-0.4, -0.2) is 11.2 Å². The van der Waals surface area contributed by atoms with Gasteiger partial charge in [-0.2, -0.15) is 0 Å². The zero-order chi connectivity index (χ0) is 13.8. The molecule has 1 amide bonds. The van der Waals surface area contributed by atoms with E-state index in [1.54, 1.807) is 0 Å². The summed E-state index contributed by atoms with van der Waals surface area (Å²) in [6, 6.07) is 13.6. The fourth-order valence-corrected chi connectivity index (χ4v) is 1.93. The van der Waals surface area contributed by atoms with E-state index in [9.17, 15) is 4.79 Å². The van der Waals surface area contributed by atoms with Crippen molar-refractivity contribution >= 4 is 11.8 Å². The zero-order valence-corrected chi connectivity index (χ0v) is 10.7. The summed E-state index contributed by atoms with van der Waals surface area (Å²) >= 11 is 0. The summed E-state index contributed by atoms with van der Waals surface area (Å²) in [6.07, 6.45) is -1.02. The Bertz CT molecular complexity index is 592. The molecule has 0 radical (unpaired) electrons. The number of anilines is 1. The summed E-state index contributed by atoms with van der Waals surface area (Å²) in [5, 5.41) is 10.9. The van der Waals surface area contributed by atoms with Gasteiger partial charge >= 0.3 is 6.09 Å². The number of hydrogen-bond acceptors (Lipinski definition) is 2. The van der Waals surface area contributed by atoms with E-state index in [2.05, 4.69) is 5.32 Å². The monoisotopic (exact) mass is 256 g/mol. The van der Waals surface area contributed by atoms with Crippen molar-refractivity contribution in [2.24, 2.45) is 0 Å². The lowest BCUT2D eigenvalue weighted by atomic mass is 9.99. The first kappa shape index (κ1) is 13.0. The predicted octanol–water partition coefficient (Wildman–Crippen LogP) is 3.01. The van der Waals surface area contributed by atoms with Crippen molar-refractivity contribution in [1.82, 2.24) is 5.32 Å². The van der Waals surface area contributed by atoms with Gasteiger partial charge in [-0.3, -0.25) is 0 Å². The van der Waals surface area contributed by atoms with Crippen LogP contribution in [-0.2, 0) is 6.54 Å². The number of nitrogens with two attached hydrogens (primary N) is 1. The highest BCUT2D eigenvalue weighted by Gasteiger charge is 2.03. The molecule has 0 heterocycles. The molecular weight excluding hydrogens is 240 g/mol. The third-order valence-electron chi connectivity index (χ3n) is 2.97. The SMILES string of the molecule is Cc1ccc(N)cc1-c1ccc(CNC(=O)O)cc1. The molecule has 0 aliphatic heterocycles. The van der Waals surface area contributed by atoms with Crippen molar-refractivity contribution in [3.63, 3.8) is 0 Å². The first-order valence-electron chi connectivity index (χ1n) is 5.98. The zero-order valence-electron chi connectivity index (χ0n) is 10.7. The summed E-state index contributed by atoms with van der Waals surface area (Å²) in [5.41, 5.74) is 10.8. The Morgan fingerprint density at radius 1 is 1.21 bits per heavy atom. The van der Waals surface area contributed by atoms with E-state index in [1.807, 2.05) is 49.4 Å². The number of nitrogens with one attached hydrogen (secondary N) is 1. The maximum Gasteiger partial charge on any atom is 0.404 e. The van der Waals surface area contributed by atoms with Gasteiger partial charge in [-0.1, -0.05) is 30.3 Å². The maximum absolute atomic E-state index is 10.4. The van der Waals surface area contributed by atoms with Gasteiger partial charge < -0.3 is 16.2 Å². The van der Waals surface area contributed by atoms with E-state index in [0.29, 0.717) is 6.54 Å². The summed E-state index contributed by atoms with van der Waals surface area (Å²) in [6.45, 7) is 2.35. The molecule has 2 aromatic carbocycles. The summed E-state index contributed by atoms with van der Waals surface area (Å²) in [5.74, 6) is 0. The number of nitrogen functional groups attached to an aromatic ring is 1. The fraction of sp³-hybridized carbons (Fsp3) is 0.133. The van der Waals surface area contributed by atoms with Crippen molar-refractivity contribution in [3.8, 4) is 11.1 Å². The molecule has 2 rings (SSSR count). The minimum atomic E-state index is -1.02. The van der Waals surface area contributed by atoms with Gasteiger partial charge in [-0.25, -0.2) is 4.79 Å². The highest BCUT2D eigenvalue weighted by Crippen LogP contribution is 2.25. The molecule has 2 aromatic rings. The Morgan fingerprint density at radius 3 is 2.53 bits per heavy atom. The van der Waals surface area contributed by atoms with Gasteiger partial charge in [0.05, 0.1) is 0 Å². The second-order valence-electron chi connectivity index (χ2n) is 4.43. The van der Waals surface area contributed by atoms with Crippen LogP contribution in [0.2, 0.25) is 0 Å². The van der Waals surface area contributed by atoms with Crippen molar-refractivity contribution in [2.45, 2.75) is 13.5 Å². The highest BCUT2D eigenvalue weighted by molar-refractivity contribution is 5.71. The number of carbonyl (C=O) groups is 1. The molecule has 0 aromatic heterocycles. The van der Waals surface area contributed by atoms with Crippen molar-refractivity contribution in [1.29, 1.82) is 0 Å². The van der Waals surface area contributed by atoms with Crippen LogP contribution in [0, 0.1) is 6.92 Å². The number of amides is 1. The second kappa shape index (κ2) is 5.44. The lowest BCUT2D eigenvalue weighted by Crippen LogP contribution is -2.19. The van der Waals surface area contributed by atoms with Gasteiger partial charge in [0.2, 0.25) is 0 Å². The Kier molecular flexibility index (Phi) is 3.71. The standard InChI is InChI=1S/C15H16N2O2/c1-10-2-7-13(16)8-14(10)12-5-3-11(4-6-12)9-17-15(18)19/h2-8,17H,9,16H2,1H3,(H,18,19). The smallest absolute Gasteiger partial charge is 0.404 e. The first-order valence-corrected chi connectivity index (χ1v) is 5.98. The molecular formula is C15H16N2O2. The van der Waals surface area contributed by atoms with E-state index >= 15 is 0 Å². The molecule has 0 fully saturated rings. The molecule has 98 valence electrons. The predicted molar refractivity (Wildman–Crippen MR) is 75.9 cm³/mol. The average Bonchev–Trinajstić information content (AvgIpc) is 2.40. The van der Waals surface area contributed by atoms with Gasteiger partial charge in [-0.15, -0.1) is 0 Å². The molecule has 4 heteroatoms. The Morgan fingerprint density at radius 2 is 1.89 bits per heavy atom. The van der Waals surface area contributed by atoms with Gasteiger partial charge in [0.1, 0.15) is 0 Å². The highest BCUT2D eigenvalue weighted by atomic mass is 16.4. The van der Waals surface area contributed by atoms with Crippen molar-refractivity contribution in [3.05, 3.63) is 53.6 Å². The minimum Gasteiger partial charge on any atom is -0.465 e. The number of aryl methyl sites for hydroxylation is 1. The molecule has 0 unspecified atom stereocenters. The molecule has 4 N–H and O–H groups in total. The largest absolute Gasteiger partial charge is 0.465 e. The molecule has 0 aliphatic carbocycles. The Hall–Kier alpha value is -2.49. The third-order valence-corrected chi connectivity index (χ3v) is 2.97. The first-order chi connectivity index (χ1) is 9.06. The van der Waals surface area contributed by atoms with Crippen molar-refractivity contribution in [2.75, 3.05) is 5.73 Å². The molecule has 4 nitrogen and oxygen atoms in total. The number of hydrogen-bond donors (Lipinski definition) is 3. The molecule has 0 saturated carbocycles. The van der Waals surface area contributed by atoms with Crippen LogP contribution in [0.4, 0.5) is 10.5 Å². The fourth-order valence-electron chi connectivity index (χ4n) is 1.93.